The minimum Gasteiger partial charge on any atom is -0.378 e. The molecular weight excluding hydrogens is 288 g/mol. The normalized spacial score (nSPS) is 12.1. The van der Waals surface area contributed by atoms with Crippen LogP contribution >= 0.6 is 0 Å². The maximum Gasteiger partial charge on any atom is 0.223 e. The highest BCUT2D eigenvalue weighted by atomic mass is 16.2. The molecule has 2 aromatic carbocycles. The van der Waals surface area contributed by atoms with Crippen LogP contribution in [0.25, 0.3) is 0 Å². The van der Waals surface area contributed by atoms with Crippen LogP contribution in [0.4, 0.5) is 34.1 Å². The average Bonchev–Trinajstić information content (AvgIpc) is 2.53. The summed E-state index contributed by atoms with van der Waals surface area (Å²) in [5.41, 5.74) is 6.33. The Labute approximate surface area is 137 Å². The Morgan fingerprint density at radius 1 is 0.957 bits per heavy atom. The van der Waals surface area contributed by atoms with Gasteiger partial charge < -0.3 is 20.0 Å². The third kappa shape index (κ3) is 2.59. The summed E-state index contributed by atoms with van der Waals surface area (Å²) in [6, 6.07) is 12.4. The SMILES string of the molecule is CC(=O)N(C)c1ccc2c(c1)N(C)c1cc(N(C)C)ccc1N2. The second-order valence-corrected chi connectivity index (χ2v) is 6.06. The smallest absolute Gasteiger partial charge is 0.223 e. The fourth-order valence-corrected chi connectivity index (χ4v) is 2.75. The van der Waals surface area contributed by atoms with Crippen molar-refractivity contribution in [2.45, 2.75) is 6.92 Å². The molecule has 1 N–H and O–H groups in total. The van der Waals surface area contributed by atoms with Gasteiger partial charge in [0, 0.05) is 46.5 Å². The molecule has 5 nitrogen and oxygen atoms in total. The molecule has 0 bridgehead atoms. The van der Waals surface area contributed by atoms with Crippen molar-refractivity contribution in [2.75, 3.05) is 48.2 Å². The minimum atomic E-state index is 0.0201. The van der Waals surface area contributed by atoms with E-state index in [2.05, 4.69) is 40.4 Å². The third-order valence-electron chi connectivity index (χ3n) is 4.33. The lowest BCUT2D eigenvalue weighted by Crippen LogP contribution is -2.24. The molecule has 0 atom stereocenters. The monoisotopic (exact) mass is 310 g/mol. The van der Waals surface area contributed by atoms with Crippen LogP contribution in [-0.4, -0.2) is 34.1 Å². The van der Waals surface area contributed by atoms with E-state index in [1.54, 1.807) is 18.9 Å². The Kier molecular flexibility index (Phi) is 3.64. The van der Waals surface area contributed by atoms with Gasteiger partial charge in [-0.3, -0.25) is 4.79 Å². The standard InChI is InChI=1S/C18H22N4O/c1-12(23)21(4)14-7-9-16-18(11-14)22(5)17-10-13(20(2)3)6-8-15(17)19-16/h6-11,19H,1-5H3. The number of benzene rings is 2. The first kappa shape index (κ1) is 15.2. The predicted molar refractivity (Wildman–Crippen MR) is 97.6 cm³/mol. The topological polar surface area (TPSA) is 38.8 Å². The van der Waals surface area contributed by atoms with Crippen molar-refractivity contribution in [3.63, 3.8) is 0 Å². The fourth-order valence-electron chi connectivity index (χ4n) is 2.75. The van der Waals surface area contributed by atoms with Crippen LogP contribution in [0.1, 0.15) is 6.92 Å². The number of carbonyl (C=O) groups is 1. The molecular formula is C18H22N4O. The zero-order valence-corrected chi connectivity index (χ0v) is 14.2. The Balaban J connectivity index is 2.04. The van der Waals surface area contributed by atoms with Crippen molar-refractivity contribution in [2.24, 2.45) is 0 Å². The molecule has 23 heavy (non-hydrogen) atoms. The molecule has 0 unspecified atom stereocenters. The lowest BCUT2D eigenvalue weighted by atomic mass is 10.1. The van der Waals surface area contributed by atoms with Crippen LogP contribution in [0, 0.1) is 0 Å². The first-order chi connectivity index (χ1) is 10.9. The van der Waals surface area contributed by atoms with E-state index < -0.39 is 0 Å². The first-order valence-corrected chi connectivity index (χ1v) is 7.59. The molecule has 0 saturated carbocycles. The van der Waals surface area contributed by atoms with Gasteiger partial charge in [0.1, 0.15) is 0 Å². The summed E-state index contributed by atoms with van der Waals surface area (Å²) >= 11 is 0. The number of carbonyl (C=O) groups excluding carboxylic acids is 1. The van der Waals surface area contributed by atoms with Crippen LogP contribution in [0.15, 0.2) is 36.4 Å². The van der Waals surface area contributed by atoms with Crippen molar-refractivity contribution in [1.82, 2.24) is 0 Å². The number of anilines is 6. The third-order valence-corrected chi connectivity index (χ3v) is 4.33. The molecule has 120 valence electrons. The second-order valence-electron chi connectivity index (χ2n) is 6.06. The minimum absolute atomic E-state index is 0.0201. The summed E-state index contributed by atoms with van der Waals surface area (Å²) in [7, 11) is 7.91. The van der Waals surface area contributed by atoms with Gasteiger partial charge in [-0.2, -0.15) is 0 Å². The maximum atomic E-state index is 11.6. The summed E-state index contributed by atoms with van der Waals surface area (Å²) in [4.78, 5) is 17.5. The summed E-state index contributed by atoms with van der Waals surface area (Å²) < 4.78 is 0. The molecule has 0 fully saturated rings. The highest BCUT2D eigenvalue weighted by Gasteiger charge is 2.21. The van der Waals surface area contributed by atoms with Gasteiger partial charge in [-0.25, -0.2) is 0 Å². The quantitative estimate of drug-likeness (QED) is 0.920. The average molecular weight is 310 g/mol. The molecule has 5 heteroatoms. The highest BCUT2D eigenvalue weighted by Crippen LogP contribution is 2.45. The van der Waals surface area contributed by atoms with E-state index in [-0.39, 0.29) is 5.91 Å². The van der Waals surface area contributed by atoms with Gasteiger partial charge in [-0.15, -0.1) is 0 Å². The molecule has 3 rings (SSSR count). The number of nitrogens with one attached hydrogen (secondary N) is 1. The Hall–Kier alpha value is -2.69. The molecule has 0 spiro atoms. The van der Waals surface area contributed by atoms with E-state index in [0.29, 0.717) is 0 Å². The van der Waals surface area contributed by atoms with E-state index in [1.165, 1.54) is 0 Å². The van der Waals surface area contributed by atoms with E-state index in [9.17, 15) is 4.79 Å². The molecule has 0 radical (unpaired) electrons. The van der Waals surface area contributed by atoms with Gasteiger partial charge in [-0.1, -0.05) is 0 Å². The van der Waals surface area contributed by atoms with E-state index >= 15 is 0 Å². The Morgan fingerprint density at radius 2 is 1.48 bits per heavy atom. The van der Waals surface area contributed by atoms with Crippen LogP contribution in [0.3, 0.4) is 0 Å². The highest BCUT2D eigenvalue weighted by molar-refractivity contribution is 5.97. The van der Waals surface area contributed by atoms with E-state index in [1.807, 2.05) is 32.3 Å². The molecule has 1 aliphatic heterocycles. The lowest BCUT2D eigenvalue weighted by molar-refractivity contribution is -0.116. The molecule has 0 aromatic heterocycles. The summed E-state index contributed by atoms with van der Waals surface area (Å²) in [6.45, 7) is 1.57. The van der Waals surface area contributed by atoms with Crippen LogP contribution < -0.4 is 20.0 Å². The van der Waals surface area contributed by atoms with Gasteiger partial charge in [0.2, 0.25) is 5.91 Å². The maximum absolute atomic E-state index is 11.6. The van der Waals surface area contributed by atoms with Crippen LogP contribution in [0.2, 0.25) is 0 Å². The molecule has 2 aromatic rings. The van der Waals surface area contributed by atoms with Crippen molar-refractivity contribution >= 4 is 40.0 Å². The van der Waals surface area contributed by atoms with Crippen LogP contribution in [-0.2, 0) is 4.79 Å². The van der Waals surface area contributed by atoms with Gasteiger partial charge in [0.15, 0.2) is 0 Å². The zero-order chi connectivity index (χ0) is 16.7. The first-order valence-electron chi connectivity index (χ1n) is 7.59. The largest absolute Gasteiger partial charge is 0.378 e. The van der Waals surface area contributed by atoms with Crippen molar-refractivity contribution in [1.29, 1.82) is 0 Å². The van der Waals surface area contributed by atoms with Gasteiger partial charge >= 0.3 is 0 Å². The molecule has 1 heterocycles. The number of hydrogen-bond acceptors (Lipinski definition) is 4. The van der Waals surface area contributed by atoms with E-state index in [0.717, 1.165) is 34.1 Å². The van der Waals surface area contributed by atoms with Gasteiger partial charge in [-0.05, 0) is 36.4 Å². The summed E-state index contributed by atoms with van der Waals surface area (Å²) in [5.74, 6) is 0.0201. The predicted octanol–water partition coefficient (Wildman–Crippen LogP) is 3.56. The van der Waals surface area contributed by atoms with Crippen molar-refractivity contribution in [3.8, 4) is 0 Å². The Morgan fingerprint density at radius 3 is 2.00 bits per heavy atom. The molecule has 1 aliphatic rings. The zero-order valence-electron chi connectivity index (χ0n) is 14.2. The summed E-state index contributed by atoms with van der Waals surface area (Å²) in [6.07, 6.45) is 0. The number of rotatable bonds is 2. The Bertz CT molecular complexity index is 770. The van der Waals surface area contributed by atoms with Crippen LogP contribution in [0.5, 0.6) is 0 Å². The van der Waals surface area contributed by atoms with Crippen molar-refractivity contribution < 1.29 is 4.79 Å². The molecule has 0 saturated heterocycles. The molecule has 0 aliphatic carbocycles. The number of hydrogen-bond donors (Lipinski definition) is 1. The molecule has 1 amide bonds. The van der Waals surface area contributed by atoms with Crippen molar-refractivity contribution in [3.05, 3.63) is 36.4 Å². The van der Waals surface area contributed by atoms with Gasteiger partial charge in [0.05, 0.1) is 22.7 Å². The second kappa shape index (κ2) is 5.50. The number of nitrogens with zero attached hydrogens (tertiary/aromatic N) is 3. The number of fused-ring (bicyclic) bond motifs is 2. The van der Waals surface area contributed by atoms with E-state index in [4.69, 9.17) is 0 Å². The summed E-state index contributed by atoms with van der Waals surface area (Å²) in [5, 5.41) is 3.47. The lowest BCUT2D eigenvalue weighted by Gasteiger charge is -2.32. The fraction of sp³-hybridized carbons (Fsp3) is 0.278. The van der Waals surface area contributed by atoms with Gasteiger partial charge in [0.25, 0.3) is 0 Å². The number of amides is 1.